The van der Waals surface area contributed by atoms with Crippen molar-refractivity contribution in [2.24, 2.45) is 0 Å². The van der Waals surface area contributed by atoms with E-state index in [-0.39, 0.29) is 0 Å². The lowest BCUT2D eigenvalue weighted by atomic mass is 10.1. The standard InChI is InChI=1S/C9H17NO/c1-2-10-6-3-4-9(8-10)5-7-11/h4,11H,2-3,5-8H2,1H3. The third-order valence-corrected chi connectivity index (χ3v) is 2.19. The van der Waals surface area contributed by atoms with Crippen LogP contribution >= 0.6 is 0 Å². The Morgan fingerprint density at radius 3 is 3.09 bits per heavy atom. The molecule has 0 saturated heterocycles. The minimum absolute atomic E-state index is 0.295. The van der Waals surface area contributed by atoms with Gasteiger partial charge >= 0.3 is 0 Å². The van der Waals surface area contributed by atoms with Crippen molar-refractivity contribution in [3.63, 3.8) is 0 Å². The van der Waals surface area contributed by atoms with E-state index >= 15 is 0 Å². The lowest BCUT2D eigenvalue weighted by Gasteiger charge is -2.25. The summed E-state index contributed by atoms with van der Waals surface area (Å²) >= 11 is 0. The normalized spacial score (nSPS) is 20.0. The first kappa shape index (κ1) is 8.75. The van der Waals surface area contributed by atoms with Gasteiger partial charge < -0.3 is 5.11 Å². The Bertz CT molecular complexity index is 142. The molecule has 0 bridgehead atoms. The van der Waals surface area contributed by atoms with Gasteiger partial charge in [0.1, 0.15) is 0 Å². The summed E-state index contributed by atoms with van der Waals surface area (Å²) in [5.41, 5.74) is 1.40. The number of hydrogen-bond donors (Lipinski definition) is 1. The first-order chi connectivity index (χ1) is 5.36. The fraction of sp³-hybridized carbons (Fsp3) is 0.778. The Morgan fingerprint density at radius 2 is 2.45 bits per heavy atom. The van der Waals surface area contributed by atoms with E-state index in [2.05, 4.69) is 17.9 Å². The maximum atomic E-state index is 8.72. The highest BCUT2D eigenvalue weighted by Crippen LogP contribution is 2.11. The molecule has 0 fully saturated rings. The van der Waals surface area contributed by atoms with Gasteiger partial charge in [-0.05, 0) is 19.4 Å². The molecule has 1 aliphatic heterocycles. The highest BCUT2D eigenvalue weighted by Gasteiger charge is 2.09. The van der Waals surface area contributed by atoms with Crippen LogP contribution in [-0.4, -0.2) is 36.2 Å². The molecule has 11 heavy (non-hydrogen) atoms. The molecule has 0 spiro atoms. The van der Waals surface area contributed by atoms with Gasteiger partial charge in [0.2, 0.25) is 0 Å². The molecule has 0 unspecified atom stereocenters. The fourth-order valence-corrected chi connectivity index (χ4v) is 1.48. The summed E-state index contributed by atoms with van der Waals surface area (Å²) in [6.45, 7) is 5.86. The molecule has 1 rings (SSSR count). The quantitative estimate of drug-likeness (QED) is 0.615. The van der Waals surface area contributed by atoms with Gasteiger partial charge in [-0.2, -0.15) is 0 Å². The van der Waals surface area contributed by atoms with E-state index in [0.29, 0.717) is 6.61 Å². The Kier molecular flexibility index (Phi) is 3.60. The molecule has 0 aromatic rings. The van der Waals surface area contributed by atoms with Crippen LogP contribution in [-0.2, 0) is 0 Å². The molecule has 2 heteroatoms. The van der Waals surface area contributed by atoms with E-state index < -0.39 is 0 Å². The van der Waals surface area contributed by atoms with Gasteiger partial charge in [-0.1, -0.05) is 18.6 Å². The number of nitrogens with zero attached hydrogens (tertiary/aromatic N) is 1. The van der Waals surface area contributed by atoms with E-state index in [1.165, 1.54) is 12.1 Å². The van der Waals surface area contributed by atoms with Crippen LogP contribution in [0.15, 0.2) is 11.6 Å². The van der Waals surface area contributed by atoms with Gasteiger partial charge in [0.05, 0.1) is 0 Å². The molecule has 0 aromatic heterocycles. The van der Waals surface area contributed by atoms with E-state index in [9.17, 15) is 0 Å². The summed E-state index contributed by atoms with van der Waals surface area (Å²) in [7, 11) is 0. The van der Waals surface area contributed by atoms with Gasteiger partial charge in [-0.15, -0.1) is 0 Å². The Labute approximate surface area is 68.5 Å². The van der Waals surface area contributed by atoms with Crippen LogP contribution in [0.1, 0.15) is 19.8 Å². The van der Waals surface area contributed by atoms with Crippen LogP contribution in [0.25, 0.3) is 0 Å². The molecule has 0 aliphatic carbocycles. The minimum atomic E-state index is 0.295. The van der Waals surface area contributed by atoms with E-state index in [1.54, 1.807) is 0 Å². The van der Waals surface area contributed by atoms with Gasteiger partial charge in [0, 0.05) is 19.7 Å². The molecule has 0 aromatic carbocycles. The third-order valence-electron chi connectivity index (χ3n) is 2.19. The maximum Gasteiger partial charge on any atom is 0.0468 e. The summed E-state index contributed by atoms with van der Waals surface area (Å²) < 4.78 is 0. The summed E-state index contributed by atoms with van der Waals surface area (Å²) in [4.78, 5) is 2.41. The molecule has 1 aliphatic rings. The van der Waals surface area contributed by atoms with Gasteiger partial charge in [0.15, 0.2) is 0 Å². The maximum absolute atomic E-state index is 8.72. The van der Waals surface area contributed by atoms with Crippen LogP contribution < -0.4 is 0 Å². The molecular formula is C9H17NO. The fourth-order valence-electron chi connectivity index (χ4n) is 1.48. The van der Waals surface area contributed by atoms with Crippen molar-refractivity contribution < 1.29 is 5.11 Å². The molecule has 0 radical (unpaired) electrons. The minimum Gasteiger partial charge on any atom is -0.396 e. The molecule has 0 atom stereocenters. The number of aliphatic hydroxyl groups excluding tert-OH is 1. The van der Waals surface area contributed by atoms with Crippen molar-refractivity contribution >= 4 is 0 Å². The first-order valence-corrected chi connectivity index (χ1v) is 4.38. The van der Waals surface area contributed by atoms with Crippen LogP contribution in [0, 0.1) is 0 Å². The van der Waals surface area contributed by atoms with E-state index in [1.807, 2.05) is 0 Å². The lowest BCUT2D eigenvalue weighted by molar-refractivity contribution is 0.272. The van der Waals surface area contributed by atoms with E-state index in [4.69, 9.17) is 5.11 Å². The molecule has 2 nitrogen and oxygen atoms in total. The molecule has 64 valence electrons. The lowest BCUT2D eigenvalue weighted by Crippen LogP contribution is -2.29. The molecule has 1 N–H and O–H groups in total. The second-order valence-corrected chi connectivity index (χ2v) is 2.99. The van der Waals surface area contributed by atoms with Crippen LogP contribution in [0.4, 0.5) is 0 Å². The van der Waals surface area contributed by atoms with E-state index in [0.717, 1.165) is 25.9 Å². The van der Waals surface area contributed by atoms with Crippen molar-refractivity contribution in [2.75, 3.05) is 26.2 Å². The zero-order chi connectivity index (χ0) is 8.10. The molecule has 0 amide bonds. The second kappa shape index (κ2) is 4.52. The Balaban J connectivity index is 2.35. The highest BCUT2D eigenvalue weighted by atomic mass is 16.2. The van der Waals surface area contributed by atoms with Crippen molar-refractivity contribution in [3.05, 3.63) is 11.6 Å². The second-order valence-electron chi connectivity index (χ2n) is 2.99. The number of hydrogen-bond acceptors (Lipinski definition) is 2. The zero-order valence-corrected chi connectivity index (χ0v) is 7.21. The van der Waals surface area contributed by atoms with Crippen molar-refractivity contribution in [1.82, 2.24) is 4.90 Å². The highest BCUT2D eigenvalue weighted by molar-refractivity contribution is 5.07. The van der Waals surface area contributed by atoms with Crippen LogP contribution in [0.5, 0.6) is 0 Å². The summed E-state index contributed by atoms with van der Waals surface area (Å²) in [6.07, 6.45) is 4.28. The van der Waals surface area contributed by atoms with Crippen molar-refractivity contribution in [3.8, 4) is 0 Å². The summed E-state index contributed by atoms with van der Waals surface area (Å²) in [6, 6.07) is 0. The van der Waals surface area contributed by atoms with Crippen molar-refractivity contribution in [2.45, 2.75) is 19.8 Å². The average Bonchev–Trinajstić information content (AvgIpc) is 2.06. The largest absolute Gasteiger partial charge is 0.396 e. The molecular weight excluding hydrogens is 138 g/mol. The third kappa shape index (κ3) is 2.64. The Morgan fingerprint density at radius 1 is 1.64 bits per heavy atom. The van der Waals surface area contributed by atoms with Crippen LogP contribution in [0.2, 0.25) is 0 Å². The monoisotopic (exact) mass is 155 g/mol. The predicted octanol–water partition coefficient (Wildman–Crippen LogP) is 1.02. The van der Waals surface area contributed by atoms with Gasteiger partial charge in [0.25, 0.3) is 0 Å². The topological polar surface area (TPSA) is 23.5 Å². The smallest absolute Gasteiger partial charge is 0.0468 e. The van der Waals surface area contributed by atoms with Gasteiger partial charge in [-0.25, -0.2) is 0 Å². The number of likely N-dealkylation sites (N-methyl/N-ethyl adjacent to an activating group) is 1. The summed E-state index contributed by atoms with van der Waals surface area (Å²) in [5, 5.41) is 8.72. The SMILES string of the molecule is CCN1CCC=C(CCO)C1. The average molecular weight is 155 g/mol. The number of rotatable bonds is 3. The predicted molar refractivity (Wildman–Crippen MR) is 46.5 cm³/mol. The molecule has 0 saturated carbocycles. The van der Waals surface area contributed by atoms with Gasteiger partial charge in [-0.3, -0.25) is 4.90 Å². The Hall–Kier alpha value is -0.340. The first-order valence-electron chi connectivity index (χ1n) is 4.38. The van der Waals surface area contributed by atoms with Crippen LogP contribution in [0.3, 0.4) is 0 Å². The van der Waals surface area contributed by atoms with Crippen molar-refractivity contribution in [1.29, 1.82) is 0 Å². The summed E-state index contributed by atoms with van der Waals surface area (Å²) in [5.74, 6) is 0. The molecule has 1 heterocycles. The zero-order valence-electron chi connectivity index (χ0n) is 7.21. The number of aliphatic hydroxyl groups is 1.